The molecule has 0 amide bonds. The largest absolute Gasteiger partial charge is 1.00 e. The normalized spacial score (nSPS) is 13.1. The van der Waals surface area contributed by atoms with Crippen LogP contribution in [-0.2, 0) is 0 Å². The van der Waals surface area contributed by atoms with Crippen LogP contribution in [0.3, 0.4) is 0 Å². The van der Waals surface area contributed by atoms with E-state index in [0.29, 0.717) is 0 Å². The van der Waals surface area contributed by atoms with E-state index in [1.165, 1.54) is 0 Å². The van der Waals surface area contributed by atoms with Crippen LogP contribution in [0, 0.1) is 0 Å². The van der Waals surface area contributed by atoms with Crippen LogP contribution in [-0.4, -0.2) is 18.5 Å². The van der Waals surface area contributed by atoms with E-state index in [4.69, 9.17) is 0 Å². The van der Waals surface area contributed by atoms with E-state index in [1.807, 2.05) is 0 Å². The van der Waals surface area contributed by atoms with Crippen molar-refractivity contribution in [3.8, 4) is 0 Å². The average Bonchev–Trinajstić information content (AvgIpc) is 1.62. The molecule has 0 heterocycles. The molecule has 0 saturated heterocycles. The standard InChI is InChI=1S/C3HF7.ClH/c4-1(5)2(6,7)3(8,9)10;/h1H;1H/p-1. The summed E-state index contributed by atoms with van der Waals surface area (Å²) in [7, 11) is 0. The quantitative estimate of drug-likeness (QED) is 0.504. The topological polar surface area (TPSA) is 0 Å². The lowest BCUT2D eigenvalue weighted by atomic mass is 10.3. The molecular formula is C3HClF7-. The lowest BCUT2D eigenvalue weighted by Crippen LogP contribution is -3.00. The minimum atomic E-state index is -6.17. The fourth-order valence-electron chi connectivity index (χ4n) is 0.124. The molecule has 0 radical (unpaired) electrons. The Morgan fingerprint density at radius 2 is 1.09 bits per heavy atom. The highest BCUT2D eigenvalue weighted by atomic mass is 35.5. The molecule has 0 unspecified atom stereocenters. The van der Waals surface area contributed by atoms with E-state index in [9.17, 15) is 30.7 Å². The first-order valence-electron chi connectivity index (χ1n) is 1.92. The van der Waals surface area contributed by atoms with Crippen LogP contribution in [0.5, 0.6) is 0 Å². The number of hydrogen-bond acceptors (Lipinski definition) is 0. The van der Waals surface area contributed by atoms with Crippen LogP contribution in [0.15, 0.2) is 0 Å². The van der Waals surface area contributed by atoms with Gasteiger partial charge in [0.25, 0.3) is 0 Å². The third kappa shape index (κ3) is 2.72. The van der Waals surface area contributed by atoms with Crippen molar-refractivity contribution in [2.24, 2.45) is 0 Å². The highest BCUT2D eigenvalue weighted by molar-refractivity contribution is 4.77. The molecule has 70 valence electrons. The number of rotatable bonds is 1. The molecule has 0 fully saturated rings. The number of hydrogen-bond donors (Lipinski definition) is 0. The van der Waals surface area contributed by atoms with Crippen molar-refractivity contribution in [3.05, 3.63) is 0 Å². The summed E-state index contributed by atoms with van der Waals surface area (Å²) in [6.07, 6.45) is -10.9. The van der Waals surface area contributed by atoms with Crippen molar-refractivity contribution < 1.29 is 43.1 Å². The first-order chi connectivity index (χ1) is 4.19. The van der Waals surface area contributed by atoms with Gasteiger partial charge < -0.3 is 12.4 Å². The van der Waals surface area contributed by atoms with Crippen molar-refractivity contribution in [1.29, 1.82) is 0 Å². The molecule has 0 nitrogen and oxygen atoms in total. The minimum Gasteiger partial charge on any atom is -1.00 e. The Labute approximate surface area is 62.8 Å². The zero-order valence-corrected chi connectivity index (χ0v) is 5.36. The molecule has 0 aliphatic carbocycles. The van der Waals surface area contributed by atoms with Gasteiger partial charge in [0.1, 0.15) is 0 Å². The van der Waals surface area contributed by atoms with Crippen LogP contribution < -0.4 is 12.4 Å². The fourth-order valence-corrected chi connectivity index (χ4v) is 0.124. The maximum atomic E-state index is 11.2. The molecule has 0 rings (SSSR count). The lowest BCUT2D eigenvalue weighted by Gasteiger charge is -2.17. The van der Waals surface area contributed by atoms with Gasteiger partial charge in [0.05, 0.1) is 0 Å². The molecule has 0 aliphatic heterocycles. The van der Waals surface area contributed by atoms with Gasteiger partial charge in [0.2, 0.25) is 0 Å². The molecular weight excluding hydrogens is 204 g/mol. The van der Waals surface area contributed by atoms with Gasteiger partial charge in [-0.3, -0.25) is 0 Å². The first-order valence-corrected chi connectivity index (χ1v) is 1.92. The summed E-state index contributed by atoms with van der Waals surface area (Å²) in [6.45, 7) is 0. The molecule has 0 spiro atoms. The minimum absolute atomic E-state index is 0. The van der Waals surface area contributed by atoms with Gasteiger partial charge in [-0.25, -0.2) is 8.78 Å². The second kappa shape index (κ2) is 3.46. The van der Waals surface area contributed by atoms with Crippen LogP contribution in [0.4, 0.5) is 30.7 Å². The van der Waals surface area contributed by atoms with Crippen LogP contribution in [0.25, 0.3) is 0 Å². The van der Waals surface area contributed by atoms with Gasteiger partial charge in [-0.05, 0) is 0 Å². The van der Waals surface area contributed by atoms with Gasteiger partial charge in [0.15, 0.2) is 0 Å². The zero-order chi connectivity index (χ0) is 8.58. The van der Waals surface area contributed by atoms with Crippen LogP contribution in [0.2, 0.25) is 0 Å². The van der Waals surface area contributed by atoms with Crippen molar-refractivity contribution in [3.63, 3.8) is 0 Å². The molecule has 0 aromatic carbocycles. The van der Waals surface area contributed by atoms with Crippen molar-refractivity contribution in [1.82, 2.24) is 0 Å². The highest BCUT2D eigenvalue weighted by Crippen LogP contribution is 2.39. The third-order valence-electron chi connectivity index (χ3n) is 0.652. The summed E-state index contributed by atoms with van der Waals surface area (Å²) in [5.41, 5.74) is 0. The van der Waals surface area contributed by atoms with E-state index in [0.717, 1.165) is 0 Å². The molecule has 0 N–H and O–H groups in total. The molecule has 0 bridgehead atoms. The molecule has 8 heteroatoms. The van der Waals surface area contributed by atoms with E-state index in [2.05, 4.69) is 0 Å². The Balaban J connectivity index is 0. The summed E-state index contributed by atoms with van der Waals surface area (Å²) in [5.74, 6) is -5.90. The van der Waals surface area contributed by atoms with Gasteiger partial charge >= 0.3 is 18.5 Å². The van der Waals surface area contributed by atoms with Crippen molar-refractivity contribution >= 4 is 0 Å². The maximum Gasteiger partial charge on any atom is 0.459 e. The molecule has 0 aromatic heterocycles. The van der Waals surface area contributed by atoms with E-state index < -0.39 is 18.5 Å². The van der Waals surface area contributed by atoms with Gasteiger partial charge in [0, 0.05) is 0 Å². The first kappa shape index (κ1) is 13.4. The fraction of sp³-hybridized carbons (Fsp3) is 1.00. The van der Waals surface area contributed by atoms with Crippen molar-refractivity contribution in [2.75, 3.05) is 0 Å². The summed E-state index contributed by atoms with van der Waals surface area (Å²) in [5, 5.41) is 0. The lowest BCUT2D eigenvalue weighted by molar-refractivity contribution is -0.320. The second-order valence-corrected chi connectivity index (χ2v) is 1.42. The highest BCUT2D eigenvalue weighted by Gasteiger charge is 2.64. The molecule has 0 atom stereocenters. The van der Waals surface area contributed by atoms with Crippen molar-refractivity contribution in [2.45, 2.75) is 18.5 Å². The third-order valence-corrected chi connectivity index (χ3v) is 0.652. The molecule has 0 aliphatic rings. The van der Waals surface area contributed by atoms with E-state index in [-0.39, 0.29) is 12.4 Å². The Morgan fingerprint density at radius 1 is 0.818 bits per heavy atom. The summed E-state index contributed by atoms with van der Waals surface area (Å²) in [4.78, 5) is 0. The SMILES string of the molecule is FC(F)C(F)(F)C(F)(F)F.[Cl-]. The molecule has 11 heavy (non-hydrogen) atoms. The molecule has 0 aromatic rings. The van der Waals surface area contributed by atoms with Gasteiger partial charge in [-0.1, -0.05) is 0 Å². The monoisotopic (exact) mass is 205 g/mol. The molecule has 0 saturated carbocycles. The predicted octanol–water partition coefficient (Wildman–Crippen LogP) is -0.547. The predicted molar refractivity (Wildman–Crippen MR) is 17.0 cm³/mol. The summed E-state index contributed by atoms with van der Waals surface area (Å²) < 4.78 is 76.6. The Morgan fingerprint density at radius 3 is 1.09 bits per heavy atom. The Kier molecular flexibility index (Phi) is 4.22. The van der Waals surface area contributed by atoms with E-state index in [1.54, 1.807) is 0 Å². The van der Waals surface area contributed by atoms with Gasteiger partial charge in [-0.15, -0.1) is 0 Å². The van der Waals surface area contributed by atoms with Crippen LogP contribution >= 0.6 is 0 Å². The smallest absolute Gasteiger partial charge is 0.459 e. The average molecular weight is 205 g/mol. The Hall–Kier alpha value is -0.200. The number of alkyl halides is 7. The van der Waals surface area contributed by atoms with Gasteiger partial charge in [-0.2, -0.15) is 22.0 Å². The van der Waals surface area contributed by atoms with Crippen LogP contribution in [0.1, 0.15) is 0 Å². The number of halogens is 8. The zero-order valence-electron chi connectivity index (χ0n) is 4.60. The maximum absolute atomic E-state index is 11.2. The second-order valence-electron chi connectivity index (χ2n) is 1.42. The Bertz CT molecular complexity index is 115. The summed E-state index contributed by atoms with van der Waals surface area (Å²) >= 11 is 0. The summed E-state index contributed by atoms with van der Waals surface area (Å²) in [6, 6.07) is 0. The van der Waals surface area contributed by atoms with E-state index >= 15 is 0 Å².